The number of carbonyl (C=O) groups excluding carboxylic acids is 1. The van der Waals surface area contributed by atoms with E-state index in [-0.39, 0.29) is 6.03 Å². The van der Waals surface area contributed by atoms with Gasteiger partial charge in [0.2, 0.25) is 0 Å². The third-order valence-corrected chi connectivity index (χ3v) is 6.47. The minimum atomic E-state index is -0.417. The van der Waals surface area contributed by atoms with E-state index in [1.165, 1.54) is 0 Å². The molecular weight excluding hydrogens is 422 g/mol. The Morgan fingerprint density at radius 3 is 2.41 bits per heavy atom. The fourth-order valence-corrected chi connectivity index (χ4v) is 4.94. The molecule has 2 heterocycles. The highest BCUT2D eigenvalue weighted by Crippen LogP contribution is 2.42. The van der Waals surface area contributed by atoms with Gasteiger partial charge >= 0.3 is 6.03 Å². The normalized spacial score (nSPS) is 15.9. The first-order valence-corrected chi connectivity index (χ1v) is 10.9. The summed E-state index contributed by atoms with van der Waals surface area (Å²) in [5.74, 6) is 1.23. The standard InChI is InChI=1S/C25H21N3O3S/c1-30-18-13-12-16(14-19(18)31-2)23-21(24-26-17-10-6-7-11-20(17)32-24)22(27-25(29)28-23)15-8-4-3-5-9-15/h3-14,23H,1-2H3,(H2,27,28,29). The second-order valence-electron chi connectivity index (χ2n) is 7.29. The van der Waals surface area contributed by atoms with Crippen molar-refractivity contribution in [2.75, 3.05) is 14.2 Å². The largest absolute Gasteiger partial charge is 0.493 e. The Morgan fingerprint density at radius 2 is 1.66 bits per heavy atom. The lowest BCUT2D eigenvalue weighted by atomic mass is 9.92. The summed E-state index contributed by atoms with van der Waals surface area (Å²) < 4.78 is 12.0. The number of nitrogens with zero attached hydrogens (tertiary/aromatic N) is 1. The summed E-state index contributed by atoms with van der Waals surface area (Å²) in [5.41, 5.74) is 4.37. The van der Waals surface area contributed by atoms with Gasteiger partial charge in [-0.1, -0.05) is 48.5 Å². The van der Waals surface area contributed by atoms with Crippen LogP contribution in [0.2, 0.25) is 0 Å². The molecule has 7 heteroatoms. The van der Waals surface area contributed by atoms with E-state index in [4.69, 9.17) is 14.5 Å². The molecule has 0 bridgehead atoms. The number of urea groups is 1. The van der Waals surface area contributed by atoms with E-state index in [0.29, 0.717) is 11.5 Å². The van der Waals surface area contributed by atoms with Gasteiger partial charge in [-0.3, -0.25) is 0 Å². The summed E-state index contributed by atoms with van der Waals surface area (Å²) in [5, 5.41) is 6.94. The SMILES string of the molecule is COc1ccc(C2NC(=O)NC(c3ccccc3)=C2c2nc3ccccc3s2)cc1OC. The molecule has 0 radical (unpaired) electrons. The van der Waals surface area contributed by atoms with Crippen molar-refractivity contribution in [2.24, 2.45) is 0 Å². The molecule has 4 aromatic rings. The third-order valence-electron chi connectivity index (χ3n) is 5.40. The van der Waals surface area contributed by atoms with Crippen molar-refractivity contribution >= 4 is 38.9 Å². The summed E-state index contributed by atoms with van der Waals surface area (Å²) in [4.78, 5) is 17.6. The number of fused-ring (bicyclic) bond motifs is 1. The lowest BCUT2D eigenvalue weighted by Gasteiger charge is -2.30. The number of thiazole rings is 1. The maximum Gasteiger partial charge on any atom is 0.320 e. The van der Waals surface area contributed by atoms with Crippen molar-refractivity contribution in [1.29, 1.82) is 0 Å². The Bertz CT molecular complexity index is 1300. The highest BCUT2D eigenvalue weighted by Gasteiger charge is 2.32. The van der Waals surface area contributed by atoms with E-state index < -0.39 is 6.04 Å². The van der Waals surface area contributed by atoms with Crippen LogP contribution in [0.4, 0.5) is 4.79 Å². The van der Waals surface area contributed by atoms with E-state index in [1.807, 2.05) is 66.7 Å². The lowest BCUT2D eigenvalue weighted by molar-refractivity contribution is 0.242. The summed E-state index contributed by atoms with van der Waals surface area (Å²) >= 11 is 1.60. The smallest absolute Gasteiger partial charge is 0.320 e. The fourth-order valence-electron chi connectivity index (χ4n) is 3.90. The van der Waals surface area contributed by atoms with Crippen molar-refractivity contribution in [1.82, 2.24) is 15.6 Å². The second-order valence-corrected chi connectivity index (χ2v) is 8.32. The molecule has 5 rings (SSSR count). The quantitative estimate of drug-likeness (QED) is 0.443. The number of amides is 2. The Hall–Kier alpha value is -3.84. The number of hydrogen-bond donors (Lipinski definition) is 2. The fraction of sp³-hybridized carbons (Fsp3) is 0.120. The molecule has 2 amide bonds. The molecular formula is C25H21N3O3S. The number of carbonyl (C=O) groups is 1. The van der Waals surface area contributed by atoms with Crippen LogP contribution in [0.5, 0.6) is 11.5 Å². The molecule has 1 aromatic heterocycles. The van der Waals surface area contributed by atoms with Gasteiger partial charge in [0.05, 0.1) is 36.2 Å². The molecule has 1 unspecified atom stereocenters. The molecule has 0 saturated heterocycles. The molecule has 3 aromatic carbocycles. The Morgan fingerprint density at radius 1 is 0.906 bits per heavy atom. The zero-order valence-corrected chi connectivity index (χ0v) is 18.4. The molecule has 1 atom stereocenters. The van der Waals surface area contributed by atoms with Crippen molar-refractivity contribution in [2.45, 2.75) is 6.04 Å². The minimum absolute atomic E-state index is 0.270. The summed E-state index contributed by atoms with van der Waals surface area (Å²) in [6.45, 7) is 0. The molecule has 6 nitrogen and oxygen atoms in total. The van der Waals surface area contributed by atoms with Crippen LogP contribution in [-0.4, -0.2) is 25.2 Å². The van der Waals surface area contributed by atoms with E-state index in [0.717, 1.165) is 37.6 Å². The minimum Gasteiger partial charge on any atom is -0.493 e. The van der Waals surface area contributed by atoms with Crippen LogP contribution in [0, 0.1) is 0 Å². The lowest BCUT2D eigenvalue weighted by Crippen LogP contribution is -2.42. The highest BCUT2D eigenvalue weighted by molar-refractivity contribution is 7.19. The Balaban J connectivity index is 1.75. The van der Waals surface area contributed by atoms with Gasteiger partial charge in [0.15, 0.2) is 11.5 Å². The van der Waals surface area contributed by atoms with Crippen LogP contribution in [0.15, 0.2) is 72.8 Å². The zero-order chi connectivity index (χ0) is 22.1. The number of hydrogen-bond acceptors (Lipinski definition) is 5. The molecule has 0 fully saturated rings. The predicted molar refractivity (Wildman–Crippen MR) is 127 cm³/mol. The first-order chi connectivity index (χ1) is 15.7. The zero-order valence-electron chi connectivity index (χ0n) is 17.6. The number of methoxy groups -OCH3 is 2. The van der Waals surface area contributed by atoms with Gasteiger partial charge in [-0.15, -0.1) is 11.3 Å². The molecule has 0 aliphatic carbocycles. The predicted octanol–water partition coefficient (Wildman–Crippen LogP) is 5.24. The number of ether oxygens (including phenoxy) is 2. The van der Waals surface area contributed by atoms with Gasteiger partial charge in [0.1, 0.15) is 5.01 Å². The van der Waals surface area contributed by atoms with Gasteiger partial charge in [-0.2, -0.15) is 0 Å². The summed E-state index contributed by atoms with van der Waals surface area (Å²) in [6.07, 6.45) is 0. The second kappa shape index (κ2) is 8.36. The van der Waals surface area contributed by atoms with Crippen LogP contribution in [0.25, 0.3) is 21.5 Å². The van der Waals surface area contributed by atoms with Gasteiger partial charge < -0.3 is 20.1 Å². The van der Waals surface area contributed by atoms with Crippen molar-refractivity contribution in [3.8, 4) is 11.5 Å². The Kier molecular flexibility index (Phi) is 5.25. The third kappa shape index (κ3) is 3.56. The van der Waals surface area contributed by atoms with Gasteiger partial charge in [-0.05, 0) is 35.4 Å². The molecule has 2 N–H and O–H groups in total. The van der Waals surface area contributed by atoms with Crippen LogP contribution in [-0.2, 0) is 0 Å². The maximum atomic E-state index is 12.7. The van der Waals surface area contributed by atoms with Gasteiger partial charge in [0.25, 0.3) is 0 Å². The number of aromatic nitrogens is 1. The van der Waals surface area contributed by atoms with Crippen LogP contribution in [0.3, 0.4) is 0 Å². The molecule has 160 valence electrons. The van der Waals surface area contributed by atoms with E-state index >= 15 is 0 Å². The van der Waals surface area contributed by atoms with E-state index in [9.17, 15) is 4.79 Å². The first-order valence-electron chi connectivity index (χ1n) is 10.1. The number of rotatable bonds is 5. The number of benzene rings is 3. The molecule has 32 heavy (non-hydrogen) atoms. The maximum absolute atomic E-state index is 12.7. The molecule has 1 aliphatic rings. The van der Waals surface area contributed by atoms with Crippen LogP contribution >= 0.6 is 11.3 Å². The molecule has 0 spiro atoms. The van der Waals surface area contributed by atoms with E-state index in [2.05, 4.69) is 16.7 Å². The first kappa shape index (κ1) is 20.1. The number of nitrogens with one attached hydrogen (secondary N) is 2. The van der Waals surface area contributed by atoms with Gasteiger partial charge in [0, 0.05) is 5.57 Å². The molecule has 1 aliphatic heterocycles. The van der Waals surface area contributed by atoms with Crippen molar-refractivity contribution in [3.05, 3.63) is 88.9 Å². The monoisotopic (exact) mass is 443 g/mol. The average Bonchev–Trinajstić information content (AvgIpc) is 3.27. The van der Waals surface area contributed by atoms with E-state index in [1.54, 1.807) is 25.6 Å². The Labute approximate surface area is 189 Å². The number of para-hydroxylation sites is 1. The summed E-state index contributed by atoms with van der Waals surface area (Å²) in [6, 6.07) is 22.9. The topological polar surface area (TPSA) is 72.5 Å². The highest BCUT2D eigenvalue weighted by atomic mass is 32.1. The van der Waals surface area contributed by atoms with Crippen molar-refractivity contribution < 1.29 is 14.3 Å². The van der Waals surface area contributed by atoms with Crippen LogP contribution in [0.1, 0.15) is 22.2 Å². The van der Waals surface area contributed by atoms with Gasteiger partial charge in [-0.25, -0.2) is 9.78 Å². The summed E-state index contributed by atoms with van der Waals surface area (Å²) in [7, 11) is 3.20. The van der Waals surface area contributed by atoms with Crippen molar-refractivity contribution in [3.63, 3.8) is 0 Å². The van der Waals surface area contributed by atoms with Crippen LogP contribution < -0.4 is 20.1 Å². The average molecular weight is 444 g/mol. The molecule has 0 saturated carbocycles.